The Balaban J connectivity index is 1.71. The molecule has 0 bridgehead atoms. The summed E-state index contributed by atoms with van der Waals surface area (Å²) in [6.45, 7) is 3.35. The molecule has 3 rings (SSSR count). The van der Waals surface area contributed by atoms with Gasteiger partial charge >= 0.3 is 5.97 Å². The fraction of sp³-hybridized carbons (Fsp3) is 0.435. The van der Waals surface area contributed by atoms with Crippen LogP contribution in [0.2, 0.25) is 10.0 Å². The summed E-state index contributed by atoms with van der Waals surface area (Å²) < 4.78 is 32.0. The number of carboxylic acid groups (broad SMARTS) is 1. The lowest BCUT2D eigenvalue weighted by molar-refractivity contribution is -0.144. The highest BCUT2D eigenvalue weighted by Crippen LogP contribution is 2.31. The van der Waals surface area contributed by atoms with Gasteiger partial charge in [0.2, 0.25) is 0 Å². The second kappa shape index (κ2) is 10.9. The molecule has 2 atom stereocenters. The van der Waals surface area contributed by atoms with Crippen LogP contribution in [0.1, 0.15) is 38.2 Å². The van der Waals surface area contributed by atoms with E-state index < -0.39 is 27.1 Å². The number of hydrogen-bond acceptors (Lipinski definition) is 5. The van der Waals surface area contributed by atoms with E-state index in [1.165, 1.54) is 12.1 Å². The Morgan fingerprint density at radius 1 is 1.16 bits per heavy atom. The zero-order valence-electron chi connectivity index (χ0n) is 17.8. The monoisotopic (exact) mass is 499 g/mol. The second-order valence-electron chi connectivity index (χ2n) is 7.94. The molecule has 0 spiro atoms. The van der Waals surface area contributed by atoms with Crippen LogP contribution < -0.4 is 4.74 Å². The van der Waals surface area contributed by atoms with Crippen molar-refractivity contribution in [2.75, 3.05) is 13.2 Å². The Morgan fingerprint density at radius 2 is 1.88 bits per heavy atom. The van der Waals surface area contributed by atoms with Crippen LogP contribution in [0.3, 0.4) is 0 Å². The summed E-state index contributed by atoms with van der Waals surface area (Å²) in [7, 11) is -3.66. The van der Waals surface area contributed by atoms with E-state index in [-0.39, 0.29) is 11.3 Å². The molecule has 2 aromatic carbocycles. The van der Waals surface area contributed by atoms with E-state index in [0.29, 0.717) is 41.9 Å². The largest absolute Gasteiger partial charge is 0.494 e. The highest BCUT2D eigenvalue weighted by atomic mass is 35.5. The van der Waals surface area contributed by atoms with E-state index in [1.807, 2.05) is 0 Å². The van der Waals surface area contributed by atoms with E-state index in [1.54, 1.807) is 35.2 Å². The first-order valence-electron chi connectivity index (χ1n) is 10.6. The van der Waals surface area contributed by atoms with Crippen LogP contribution in [0.4, 0.5) is 0 Å². The normalized spacial score (nSPS) is 19.6. The topological polar surface area (TPSA) is 83.9 Å². The molecule has 9 heteroatoms. The number of hydrogen-bond donors (Lipinski definition) is 1. The molecule has 1 aliphatic rings. The third-order valence-corrected chi connectivity index (χ3v) is 8.65. The van der Waals surface area contributed by atoms with Crippen LogP contribution in [0.15, 0.2) is 47.4 Å². The highest BCUT2D eigenvalue weighted by Gasteiger charge is 2.39. The lowest BCUT2D eigenvalue weighted by Crippen LogP contribution is -2.49. The lowest BCUT2D eigenvalue weighted by atomic mass is 10.0. The van der Waals surface area contributed by atoms with Gasteiger partial charge < -0.3 is 9.84 Å². The number of sulfone groups is 1. The summed E-state index contributed by atoms with van der Waals surface area (Å²) in [6, 6.07) is 10.6. The first kappa shape index (κ1) is 24.8. The number of rotatable bonds is 9. The zero-order valence-corrected chi connectivity index (χ0v) is 20.2. The van der Waals surface area contributed by atoms with E-state index in [9.17, 15) is 18.3 Å². The molecule has 1 saturated heterocycles. The maximum absolute atomic E-state index is 13.2. The molecule has 2 unspecified atom stereocenters. The molecule has 1 aliphatic heterocycles. The minimum absolute atomic E-state index is 0.0216. The van der Waals surface area contributed by atoms with Crippen LogP contribution in [-0.2, 0) is 21.2 Å². The Morgan fingerprint density at radius 3 is 2.50 bits per heavy atom. The minimum atomic E-state index is -3.66. The van der Waals surface area contributed by atoms with Gasteiger partial charge in [-0.1, -0.05) is 42.6 Å². The maximum Gasteiger partial charge on any atom is 0.320 e. The van der Waals surface area contributed by atoms with Gasteiger partial charge in [-0.05, 0) is 61.2 Å². The van der Waals surface area contributed by atoms with Crippen LogP contribution >= 0.6 is 23.2 Å². The van der Waals surface area contributed by atoms with E-state index in [4.69, 9.17) is 27.9 Å². The minimum Gasteiger partial charge on any atom is -0.494 e. The Bertz CT molecular complexity index is 1040. The summed E-state index contributed by atoms with van der Waals surface area (Å²) in [5.41, 5.74) is 0.825. The third-order valence-electron chi connectivity index (χ3n) is 5.68. The number of piperidine rings is 1. The summed E-state index contributed by atoms with van der Waals surface area (Å²) in [5.74, 6) is -0.415. The smallest absolute Gasteiger partial charge is 0.320 e. The van der Waals surface area contributed by atoms with Gasteiger partial charge in [0.05, 0.1) is 26.8 Å². The van der Waals surface area contributed by atoms with E-state index >= 15 is 0 Å². The highest BCUT2D eigenvalue weighted by molar-refractivity contribution is 7.92. The van der Waals surface area contributed by atoms with Gasteiger partial charge in [0.25, 0.3) is 0 Å². The molecule has 32 heavy (non-hydrogen) atoms. The maximum atomic E-state index is 13.2. The van der Waals surface area contributed by atoms with Crippen LogP contribution in [0.5, 0.6) is 5.75 Å². The van der Waals surface area contributed by atoms with Gasteiger partial charge in [0, 0.05) is 13.1 Å². The Kier molecular flexibility index (Phi) is 8.44. The van der Waals surface area contributed by atoms with Crippen molar-refractivity contribution in [2.45, 2.75) is 55.3 Å². The number of unbranched alkanes of at least 4 members (excludes halogenated alkanes) is 1. The van der Waals surface area contributed by atoms with Crippen LogP contribution in [-0.4, -0.2) is 48.8 Å². The van der Waals surface area contributed by atoms with Gasteiger partial charge in [-0.15, -0.1) is 0 Å². The number of carbonyl (C=O) groups is 1. The van der Waals surface area contributed by atoms with Crippen molar-refractivity contribution in [3.05, 3.63) is 58.1 Å². The molecule has 0 saturated carbocycles. The number of ether oxygens (including phenoxy) is 1. The fourth-order valence-electron chi connectivity index (χ4n) is 3.83. The molecule has 1 N–H and O–H groups in total. The van der Waals surface area contributed by atoms with Gasteiger partial charge in [-0.25, -0.2) is 8.42 Å². The molecule has 1 heterocycles. The first-order chi connectivity index (χ1) is 15.2. The average Bonchev–Trinajstić information content (AvgIpc) is 2.77. The van der Waals surface area contributed by atoms with Crippen LogP contribution in [0.25, 0.3) is 0 Å². The summed E-state index contributed by atoms with van der Waals surface area (Å²) in [5, 5.41) is 9.84. The first-order valence-corrected chi connectivity index (χ1v) is 12.9. The SMILES string of the molecule is CCCCOc1ccc(S(=O)(=O)C2CCN(Cc3ccc(Cl)c(Cl)c3)C(C(=O)O)C2)cc1. The van der Waals surface area contributed by atoms with E-state index in [0.717, 1.165) is 18.4 Å². The van der Waals surface area contributed by atoms with Crippen molar-refractivity contribution in [1.29, 1.82) is 0 Å². The van der Waals surface area contributed by atoms with E-state index in [2.05, 4.69) is 6.92 Å². The quantitative estimate of drug-likeness (QED) is 0.485. The molecule has 0 aromatic heterocycles. The molecular weight excluding hydrogens is 473 g/mol. The van der Waals surface area contributed by atoms with Crippen molar-refractivity contribution >= 4 is 39.0 Å². The van der Waals surface area contributed by atoms with Gasteiger partial charge in [0.1, 0.15) is 11.8 Å². The van der Waals surface area contributed by atoms with Crippen molar-refractivity contribution in [2.24, 2.45) is 0 Å². The number of benzene rings is 2. The van der Waals surface area contributed by atoms with Gasteiger partial charge in [-0.2, -0.15) is 0 Å². The van der Waals surface area contributed by atoms with Crippen molar-refractivity contribution in [3.63, 3.8) is 0 Å². The molecule has 2 aromatic rings. The predicted molar refractivity (Wildman–Crippen MR) is 125 cm³/mol. The number of carboxylic acids is 1. The molecule has 1 fully saturated rings. The van der Waals surface area contributed by atoms with Gasteiger partial charge in [0.15, 0.2) is 9.84 Å². The summed E-state index contributed by atoms with van der Waals surface area (Å²) >= 11 is 12.0. The molecule has 0 amide bonds. The fourth-order valence-corrected chi connectivity index (χ4v) is 5.91. The van der Waals surface area contributed by atoms with Crippen molar-refractivity contribution in [1.82, 2.24) is 4.90 Å². The van der Waals surface area contributed by atoms with Crippen molar-refractivity contribution in [3.8, 4) is 5.75 Å². The lowest BCUT2D eigenvalue weighted by Gasteiger charge is -2.37. The molecule has 0 aliphatic carbocycles. The number of halogens is 2. The number of nitrogens with zero attached hydrogens (tertiary/aromatic N) is 1. The summed E-state index contributed by atoms with van der Waals surface area (Å²) in [6.07, 6.45) is 2.31. The molecule has 174 valence electrons. The third kappa shape index (κ3) is 5.95. The summed E-state index contributed by atoms with van der Waals surface area (Å²) in [4.78, 5) is 13.9. The predicted octanol–water partition coefficient (Wildman–Crippen LogP) is 5.06. The Labute approximate surface area is 199 Å². The standard InChI is InChI=1S/C23H27Cl2NO5S/c1-2-3-12-31-17-5-7-18(8-6-17)32(29,30)19-10-11-26(22(14-19)23(27)28)15-16-4-9-20(24)21(25)13-16/h4-9,13,19,22H,2-3,10-12,14-15H2,1H3,(H,27,28). The molecule has 6 nitrogen and oxygen atoms in total. The Hall–Kier alpha value is -1.80. The zero-order chi connectivity index (χ0) is 23.3. The average molecular weight is 500 g/mol. The van der Waals surface area contributed by atoms with Crippen molar-refractivity contribution < 1.29 is 23.1 Å². The van der Waals surface area contributed by atoms with Crippen LogP contribution in [0, 0.1) is 0 Å². The number of aliphatic carboxylic acids is 1. The molecule has 0 radical (unpaired) electrons. The van der Waals surface area contributed by atoms with Gasteiger partial charge in [-0.3, -0.25) is 9.69 Å². The molecular formula is C23H27Cl2NO5S. The number of likely N-dealkylation sites (tertiary alicyclic amines) is 1. The second-order valence-corrected chi connectivity index (χ2v) is 11.0.